The minimum Gasteiger partial charge on any atom is -0.315 e. The highest BCUT2D eigenvalue weighted by Crippen LogP contribution is 2.36. The lowest BCUT2D eigenvalue weighted by molar-refractivity contribution is 0.334. The zero-order valence-electron chi connectivity index (χ0n) is 11.3. The Morgan fingerprint density at radius 3 is 2.68 bits per heavy atom. The molecule has 0 aromatic carbocycles. The molecule has 2 saturated heterocycles. The summed E-state index contributed by atoms with van der Waals surface area (Å²) >= 11 is 1.57. The van der Waals surface area contributed by atoms with Gasteiger partial charge in [0.15, 0.2) is 0 Å². The Hall–Kier alpha value is -0.430. The maximum Gasteiger partial charge on any atom is 0.244 e. The van der Waals surface area contributed by atoms with E-state index in [4.69, 9.17) is 0 Å². The van der Waals surface area contributed by atoms with Crippen molar-refractivity contribution in [3.63, 3.8) is 0 Å². The molecule has 1 aromatic heterocycles. The number of aryl methyl sites for hydroxylation is 2. The second-order valence-electron chi connectivity index (χ2n) is 5.49. The number of rotatable bonds is 2. The lowest BCUT2D eigenvalue weighted by Gasteiger charge is -2.26. The van der Waals surface area contributed by atoms with Crippen molar-refractivity contribution >= 4 is 21.4 Å². The highest BCUT2D eigenvalue weighted by molar-refractivity contribution is 7.89. The Labute approximate surface area is 118 Å². The fourth-order valence-corrected chi connectivity index (χ4v) is 6.73. The first kappa shape index (κ1) is 13.5. The Morgan fingerprint density at radius 2 is 2.00 bits per heavy atom. The molecule has 0 radical (unpaired) electrons. The summed E-state index contributed by atoms with van der Waals surface area (Å²) < 4.78 is 27.7. The number of hydrogen-bond donors (Lipinski definition) is 1. The third-order valence-corrected chi connectivity index (χ3v) is 7.36. The molecule has 3 rings (SSSR count). The summed E-state index contributed by atoms with van der Waals surface area (Å²) in [5.74, 6) is 0. The molecule has 3 heterocycles. The Bertz CT molecular complexity index is 565. The highest BCUT2D eigenvalue weighted by Gasteiger charge is 2.43. The molecule has 2 atom stereocenters. The average Bonchev–Trinajstić information content (AvgIpc) is 2.78. The van der Waals surface area contributed by atoms with Crippen LogP contribution in [0.15, 0.2) is 11.0 Å². The number of sulfonamides is 1. The van der Waals surface area contributed by atoms with E-state index in [2.05, 4.69) is 5.32 Å². The summed E-state index contributed by atoms with van der Waals surface area (Å²) in [6.07, 6.45) is 2.92. The molecule has 2 aliphatic rings. The van der Waals surface area contributed by atoms with E-state index in [1.54, 1.807) is 15.6 Å². The van der Waals surface area contributed by atoms with Gasteiger partial charge in [0.05, 0.1) is 4.90 Å². The summed E-state index contributed by atoms with van der Waals surface area (Å²) in [4.78, 5) is 2.50. The summed E-state index contributed by atoms with van der Waals surface area (Å²) in [5, 5.41) is 3.35. The normalized spacial score (nSPS) is 28.5. The van der Waals surface area contributed by atoms with Crippen LogP contribution in [0.5, 0.6) is 0 Å². The van der Waals surface area contributed by atoms with Crippen LogP contribution in [-0.2, 0) is 10.0 Å². The van der Waals surface area contributed by atoms with Crippen LogP contribution in [-0.4, -0.2) is 37.9 Å². The number of hydrogen-bond acceptors (Lipinski definition) is 4. The van der Waals surface area contributed by atoms with E-state index < -0.39 is 10.0 Å². The van der Waals surface area contributed by atoms with Crippen LogP contribution in [0.3, 0.4) is 0 Å². The third-order valence-electron chi connectivity index (χ3n) is 4.14. The molecule has 0 amide bonds. The first-order chi connectivity index (χ1) is 9.00. The SMILES string of the molecule is Cc1cc(S(=O)(=O)N2C3CCNCC2CC3)c(C)s1. The minimum absolute atomic E-state index is 0.136. The van der Waals surface area contributed by atoms with Gasteiger partial charge in [0.2, 0.25) is 10.0 Å². The van der Waals surface area contributed by atoms with Crippen molar-refractivity contribution in [1.82, 2.24) is 9.62 Å². The summed E-state index contributed by atoms with van der Waals surface area (Å²) in [6.45, 7) is 5.59. The fraction of sp³-hybridized carbons (Fsp3) is 0.692. The Balaban J connectivity index is 2.02. The van der Waals surface area contributed by atoms with Crippen LogP contribution >= 0.6 is 11.3 Å². The lowest BCUT2D eigenvalue weighted by atomic mass is 10.1. The third kappa shape index (κ3) is 2.24. The highest BCUT2D eigenvalue weighted by atomic mass is 32.2. The van der Waals surface area contributed by atoms with Crippen molar-refractivity contribution in [2.75, 3.05) is 13.1 Å². The van der Waals surface area contributed by atoms with E-state index in [1.165, 1.54) is 0 Å². The predicted molar refractivity (Wildman–Crippen MR) is 77.1 cm³/mol. The predicted octanol–water partition coefficient (Wildman–Crippen LogP) is 1.88. The molecule has 2 unspecified atom stereocenters. The Morgan fingerprint density at radius 1 is 1.26 bits per heavy atom. The van der Waals surface area contributed by atoms with Crippen LogP contribution < -0.4 is 5.32 Å². The van der Waals surface area contributed by atoms with Gasteiger partial charge in [-0.3, -0.25) is 0 Å². The largest absolute Gasteiger partial charge is 0.315 e. The van der Waals surface area contributed by atoms with Gasteiger partial charge in [0, 0.05) is 28.4 Å². The molecule has 6 heteroatoms. The van der Waals surface area contributed by atoms with Crippen molar-refractivity contribution in [1.29, 1.82) is 0 Å². The topological polar surface area (TPSA) is 49.4 Å². The molecule has 0 spiro atoms. The number of nitrogens with zero attached hydrogens (tertiary/aromatic N) is 1. The molecule has 1 aromatic rings. The van der Waals surface area contributed by atoms with E-state index in [1.807, 2.05) is 19.9 Å². The van der Waals surface area contributed by atoms with Crippen molar-refractivity contribution in [2.45, 2.75) is 50.1 Å². The van der Waals surface area contributed by atoms with Crippen molar-refractivity contribution < 1.29 is 8.42 Å². The van der Waals surface area contributed by atoms with Crippen molar-refractivity contribution in [2.24, 2.45) is 0 Å². The van der Waals surface area contributed by atoms with Gasteiger partial charge in [-0.05, 0) is 45.7 Å². The summed E-state index contributed by atoms with van der Waals surface area (Å²) in [6, 6.07) is 2.15. The average molecular weight is 300 g/mol. The number of thiophene rings is 1. The van der Waals surface area contributed by atoms with Crippen molar-refractivity contribution in [3.05, 3.63) is 15.8 Å². The first-order valence-electron chi connectivity index (χ1n) is 6.81. The van der Waals surface area contributed by atoms with Crippen molar-refractivity contribution in [3.8, 4) is 0 Å². The van der Waals surface area contributed by atoms with Gasteiger partial charge in [-0.25, -0.2) is 8.42 Å². The fourth-order valence-electron chi connectivity index (χ4n) is 3.31. The zero-order chi connectivity index (χ0) is 13.6. The van der Waals surface area contributed by atoms with Crippen LogP contribution in [0.1, 0.15) is 29.0 Å². The molecule has 19 heavy (non-hydrogen) atoms. The van der Waals surface area contributed by atoms with E-state index in [0.29, 0.717) is 4.90 Å². The van der Waals surface area contributed by atoms with Crippen LogP contribution in [0.4, 0.5) is 0 Å². The zero-order valence-corrected chi connectivity index (χ0v) is 13.0. The van der Waals surface area contributed by atoms with Gasteiger partial charge >= 0.3 is 0 Å². The van der Waals surface area contributed by atoms with Gasteiger partial charge in [0.1, 0.15) is 0 Å². The molecule has 2 fully saturated rings. The van der Waals surface area contributed by atoms with E-state index in [0.717, 1.165) is 42.1 Å². The van der Waals surface area contributed by atoms with Gasteiger partial charge in [-0.2, -0.15) is 4.31 Å². The summed E-state index contributed by atoms with van der Waals surface area (Å²) in [7, 11) is -3.33. The quantitative estimate of drug-likeness (QED) is 0.907. The monoisotopic (exact) mass is 300 g/mol. The maximum atomic E-state index is 12.9. The van der Waals surface area contributed by atoms with E-state index in [-0.39, 0.29) is 12.1 Å². The smallest absolute Gasteiger partial charge is 0.244 e. The molecule has 2 aliphatic heterocycles. The number of nitrogens with one attached hydrogen (secondary N) is 1. The van der Waals surface area contributed by atoms with E-state index >= 15 is 0 Å². The molecule has 2 bridgehead atoms. The van der Waals surface area contributed by atoms with Gasteiger partial charge in [-0.15, -0.1) is 11.3 Å². The van der Waals surface area contributed by atoms with Crippen LogP contribution in [0.25, 0.3) is 0 Å². The second kappa shape index (κ2) is 4.84. The number of fused-ring (bicyclic) bond motifs is 2. The first-order valence-corrected chi connectivity index (χ1v) is 9.07. The molecular weight excluding hydrogens is 280 g/mol. The standard InChI is InChI=1S/C13H20N2O2S2/c1-9-7-13(10(2)18-9)19(16,17)15-11-3-4-12(15)8-14-6-5-11/h7,11-12,14H,3-6,8H2,1-2H3. The van der Waals surface area contributed by atoms with Crippen LogP contribution in [0, 0.1) is 13.8 Å². The Kier molecular flexibility index (Phi) is 3.45. The molecule has 1 N–H and O–H groups in total. The van der Waals surface area contributed by atoms with Gasteiger partial charge in [-0.1, -0.05) is 0 Å². The van der Waals surface area contributed by atoms with Crippen LogP contribution in [0.2, 0.25) is 0 Å². The molecular formula is C13H20N2O2S2. The lowest BCUT2D eigenvalue weighted by Crippen LogP contribution is -2.42. The maximum absolute atomic E-state index is 12.9. The molecule has 0 saturated carbocycles. The van der Waals surface area contributed by atoms with Gasteiger partial charge < -0.3 is 5.32 Å². The minimum atomic E-state index is -3.33. The second-order valence-corrected chi connectivity index (χ2v) is 8.76. The molecule has 106 valence electrons. The van der Waals surface area contributed by atoms with Gasteiger partial charge in [0.25, 0.3) is 0 Å². The summed E-state index contributed by atoms with van der Waals surface area (Å²) in [5.41, 5.74) is 0. The van der Waals surface area contributed by atoms with E-state index in [9.17, 15) is 8.42 Å². The molecule has 4 nitrogen and oxygen atoms in total. The molecule has 0 aliphatic carbocycles.